The molecular weight excluding hydrogens is 284 g/mol. The number of rotatable bonds is 3. The van der Waals surface area contributed by atoms with E-state index in [9.17, 15) is 9.59 Å². The molecule has 7 nitrogen and oxygen atoms in total. The van der Waals surface area contributed by atoms with Gasteiger partial charge in [0.05, 0.1) is 17.7 Å². The monoisotopic (exact) mass is 302 g/mol. The van der Waals surface area contributed by atoms with Crippen molar-refractivity contribution in [1.82, 2.24) is 19.7 Å². The molecule has 0 aliphatic carbocycles. The molecule has 1 fully saturated rings. The number of fused-ring (bicyclic) bond motifs is 1. The van der Waals surface area contributed by atoms with Crippen LogP contribution in [-0.4, -0.2) is 49.7 Å². The van der Waals surface area contributed by atoms with Gasteiger partial charge in [0.25, 0.3) is 5.91 Å². The van der Waals surface area contributed by atoms with Crippen molar-refractivity contribution in [2.45, 2.75) is 26.3 Å². The van der Waals surface area contributed by atoms with Crippen LogP contribution >= 0.6 is 0 Å². The molecule has 0 bridgehead atoms. The molecule has 22 heavy (non-hydrogen) atoms. The topological polar surface area (TPSA) is 88.3 Å². The van der Waals surface area contributed by atoms with Gasteiger partial charge in [0.2, 0.25) is 0 Å². The fourth-order valence-electron chi connectivity index (χ4n) is 2.76. The molecule has 0 aromatic carbocycles. The van der Waals surface area contributed by atoms with Gasteiger partial charge in [-0.15, -0.1) is 0 Å². The van der Waals surface area contributed by atoms with Crippen LogP contribution in [0.5, 0.6) is 0 Å². The minimum Gasteiger partial charge on any atom is -0.481 e. The second kappa shape index (κ2) is 5.40. The van der Waals surface area contributed by atoms with E-state index in [2.05, 4.69) is 10.1 Å². The van der Waals surface area contributed by atoms with Crippen molar-refractivity contribution in [1.29, 1.82) is 0 Å². The number of nitrogens with zero attached hydrogens (tertiary/aromatic N) is 4. The molecule has 1 aliphatic heterocycles. The van der Waals surface area contributed by atoms with Crippen LogP contribution in [0.2, 0.25) is 0 Å². The lowest BCUT2D eigenvalue weighted by Crippen LogP contribution is -2.30. The van der Waals surface area contributed by atoms with Crippen molar-refractivity contribution in [2.24, 2.45) is 5.92 Å². The van der Waals surface area contributed by atoms with Gasteiger partial charge in [0.15, 0.2) is 5.65 Å². The molecule has 1 amide bonds. The molecule has 1 aliphatic rings. The summed E-state index contributed by atoms with van der Waals surface area (Å²) in [5.41, 5.74) is 1.22. The van der Waals surface area contributed by atoms with Gasteiger partial charge in [-0.1, -0.05) is 0 Å². The van der Waals surface area contributed by atoms with Crippen molar-refractivity contribution in [3.8, 4) is 0 Å². The Morgan fingerprint density at radius 1 is 1.36 bits per heavy atom. The standard InChI is InChI=1S/C15H18N4O3/c1-9(2)19-13-11(7-17-19)5-12(6-16-13)14(20)18-4-3-10(8-18)15(21)22/h5-7,9-10H,3-4,8H2,1-2H3,(H,21,22). The Morgan fingerprint density at radius 2 is 2.14 bits per heavy atom. The number of aromatic nitrogens is 3. The first-order valence-electron chi connectivity index (χ1n) is 7.32. The number of hydrogen-bond acceptors (Lipinski definition) is 4. The summed E-state index contributed by atoms with van der Waals surface area (Å²) in [6.45, 7) is 4.77. The summed E-state index contributed by atoms with van der Waals surface area (Å²) in [4.78, 5) is 29.4. The SMILES string of the molecule is CC(C)n1ncc2cc(C(=O)N3CCC(C(=O)O)C3)cnc21. The maximum Gasteiger partial charge on any atom is 0.308 e. The summed E-state index contributed by atoms with van der Waals surface area (Å²) < 4.78 is 1.81. The fraction of sp³-hybridized carbons (Fsp3) is 0.467. The number of carboxylic acid groups (broad SMARTS) is 1. The average Bonchev–Trinajstić information content (AvgIpc) is 3.12. The third-order valence-electron chi connectivity index (χ3n) is 3.99. The highest BCUT2D eigenvalue weighted by atomic mass is 16.4. The molecule has 2 aromatic rings. The van der Waals surface area contributed by atoms with Crippen molar-refractivity contribution in [3.05, 3.63) is 24.0 Å². The first-order chi connectivity index (χ1) is 10.5. The molecule has 7 heteroatoms. The number of likely N-dealkylation sites (tertiary alicyclic amines) is 1. The van der Waals surface area contributed by atoms with Crippen LogP contribution in [0.15, 0.2) is 18.5 Å². The number of carbonyl (C=O) groups is 2. The number of hydrogen-bond donors (Lipinski definition) is 1. The Hall–Kier alpha value is -2.44. The maximum absolute atomic E-state index is 12.5. The number of carboxylic acids is 1. The number of pyridine rings is 1. The van der Waals surface area contributed by atoms with E-state index in [0.29, 0.717) is 18.5 Å². The van der Waals surface area contributed by atoms with E-state index >= 15 is 0 Å². The number of carbonyl (C=O) groups excluding carboxylic acids is 1. The Labute approximate surface area is 127 Å². The van der Waals surface area contributed by atoms with E-state index < -0.39 is 11.9 Å². The molecule has 0 radical (unpaired) electrons. The summed E-state index contributed by atoms with van der Waals surface area (Å²) in [7, 11) is 0. The lowest BCUT2D eigenvalue weighted by atomic mass is 10.1. The maximum atomic E-state index is 12.5. The predicted octanol–water partition coefficient (Wildman–Crippen LogP) is 1.56. The Kier molecular flexibility index (Phi) is 3.56. The molecule has 1 saturated heterocycles. The van der Waals surface area contributed by atoms with E-state index in [4.69, 9.17) is 5.11 Å². The van der Waals surface area contributed by atoms with Crippen molar-refractivity contribution >= 4 is 22.9 Å². The van der Waals surface area contributed by atoms with Crippen LogP contribution in [-0.2, 0) is 4.79 Å². The Bertz CT molecular complexity index is 737. The lowest BCUT2D eigenvalue weighted by molar-refractivity contribution is -0.141. The van der Waals surface area contributed by atoms with Crippen molar-refractivity contribution < 1.29 is 14.7 Å². The molecule has 116 valence electrons. The smallest absolute Gasteiger partial charge is 0.308 e. The van der Waals surface area contributed by atoms with E-state index in [1.165, 1.54) is 0 Å². The zero-order valence-corrected chi connectivity index (χ0v) is 12.6. The fourth-order valence-corrected chi connectivity index (χ4v) is 2.76. The highest BCUT2D eigenvalue weighted by Gasteiger charge is 2.31. The molecule has 1 atom stereocenters. The van der Waals surface area contributed by atoms with Crippen LogP contribution in [0.4, 0.5) is 0 Å². The minimum atomic E-state index is -0.845. The van der Waals surface area contributed by atoms with Gasteiger partial charge in [0, 0.05) is 30.7 Å². The highest BCUT2D eigenvalue weighted by Crippen LogP contribution is 2.21. The molecular formula is C15H18N4O3. The van der Waals surface area contributed by atoms with Gasteiger partial charge in [-0.25, -0.2) is 9.67 Å². The van der Waals surface area contributed by atoms with E-state index in [-0.39, 0.29) is 18.5 Å². The molecule has 0 spiro atoms. The van der Waals surface area contributed by atoms with Crippen molar-refractivity contribution in [2.75, 3.05) is 13.1 Å². The molecule has 1 unspecified atom stereocenters. The minimum absolute atomic E-state index is 0.171. The largest absolute Gasteiger partial charge is 0.481 e. The van der Waals surface area contributed by atoms with E-state index in [0.717, 1.165) is 11.0 Å². The van der Waals surface area contributed by atoms with Crippen molar-refractivity contribution in [3.63, 3.8) is 0 Å². The Balaban J connectivity index is 1.85. The zero-order valence-electron chi connectivity index (χ0n) is 12.6. The van der Waals surface area contributed by atoms with E-state index in [1.807, 2.05) is 13.8 Å². The number of amides is 1. The third-order valence-corrected chi connectivity index (χ3v) is 3.99. The van der Waals surface area contributed by atoms with Crippen LogP contribution < -0.4 is 0 Å². The molecule has 3 heterocycles. The lowest BCUT2D eigenvalue weighted by Gasteiger charge is -2.15. The Morgan fingerprint density at radius 3 is 2.77 bits per heavy atom. The van der Waals surface area contributed by atoms with Gasteiger partial charge < -0.3 is 10.0 Å². The third kappa shape index (κ3) is 2.43. The van der Waals surface area contributed by atoms with Crippen LogP contribution in [0.1, 0.15) is 36.7 Å². The summed E-state index contributed by atoms with van der Waals surface area (Å²) in [5.74, 6) is -1.48. The second-order valence-corrected chi connectivity index (χ2v) is 5.89. The first kappa shape index (κ1) is 14.5. The van der Waals surface area contributed by atoms with Gasteiger partial charge in [-0.3, -0.25) is 9.59 Å². The molecule has 3 rings (SSSR count). The van der Waals surface area contributed by atoms with Crippen LogP contribution in [0.3, 0.4) is 0 Å². The molecule has 1 N–H and O–H groups in total. The van der Waals surface area contributed by atoms with Crippen LogP contribution in [0, 0.1) is 5.92 Å². The first-order valence-corrected chi connectivity index (χ1v) is 7.32. The van der Waals surface area contributed by atoms with Gasteiger partial charge >= 0.3 is 5.97 Å². The second-order valence-electron chi connectivity index (χ2n) is 5.89. The number of aliphatic carboxylic acids is 1. The van der Waals surface area contributed by atoms with Gasteiger partial charge in [-0.2, -0.15) is 5.10 Å². The average molecular weight is 302 g/mol. The molecule has 0 saturated carbocycles. The quantitative estimate of drug-likeness (QED) is 0.929. The highest BCUT2D eigenvalue weighted by molar-refractivity contribution is 5.97. The summed E-state index contributed by atoms with van der Waals surface area (Å²) in [5, 5.41) is 14.1. The summed E-state index contributed by atoms with van der Waals surface area (Å²) >= 11 is 0. The van der Waals surface area contributed by atoms with Gasteiger partial charge in [0.1, 0.15) is 0 Å². The summed E-state index contributed by atoms with van der Waals surface area (Å²) in [6.07, 6.45) is 3.74. The zero-order chi connectivity index (χ0) is 15.9. The van der Waals surface area contributed by atoms with Gasteiger partial charge in [-0.05, 0) is 26.3 Å². The van der Waals surface area contributed by atoms with Crippen LogP contribution in [0.25, 0.3) is 11.0 Å². The molecule has 2 aromatic heterocycles. The normalized spacial score (nSPS) is 18.3. The predicted molar refractivity (Wildman–Crippen MR) is 79.6 cm³/mol. The van der Waals surface area contributed by atoms with E-state index in [1.54, 1.807) is 28.0 Å². The summed E-state index contributed by atoms with van der Waals surface area (Å²) in [6, 6.07) is 1.96.